The molecule has 0 radical (unpaired) electrons. The number of aromatic nitrogens is 3. The maximum Gasteiger partial charge on any atom is 0.319 e. The smallest absolute Gasteiger partial charge is 0.319 e. The molecule has 1 aromatic heterocycles. The zero-order valence-corrected chi connectivity index (χ0v) is 18.6. The summed E-state index contributed by atoms with van der Waals surface area (Å²) in [5, 5.41) is 18.2. The maximum absolute atomic E-state index is 12.6. The second kappa shape index (κ2) is 6.88. The quantitative estimate of drug-likeness (QED) is 0.564. The number of benzene rings is 2. The van der Waals surface area contributed by atoms with Gasteiger partial charge in [0, 0.05) is 5.39 Å². The number of nitrogens with zero attached hydrogens (tertiary/aromatic N) is 3. The molecule has 4 unspecified atom stereocenters. The summed E-state index contributed by atoms with van der Waals surface area (Å²) >= 11 is 3.28. The summed E-state index contributed by atoms with van der Waals surface area (Å²) in [4.78, 5) is 11.0. The third-order valence-corrected chi connectivity index (χ3v) is 8.28. The van der Waals surface area contributed by atoms with Crippen molar-refractivity contribution in [2.45, 2.75) is 30.8 Å². The molecule has 2 aromatic carbocycles. The van der Waals surface area contributed by atoms with Crippen LogP contribution in [0.2, 0.25) is 0 Å². The second-order valence-electron chi connectivity index (χ2n) is 8.34. The monoisotopic (exact) mass is 489 g/mol. The third kappa shape index (κ3) is 3.24. The summed E-state index contributed by atoms with van der Waals surface area (Å²) in [7, 11) is -4.16. The summed E-state index contributed by atoms with van der Waals surface area (Å²) in [6.45, 7) is 2.31. The Bertz CT molecular complexity index is 1290. The van der Waals surface area contributed by atoms with Gasteiger partial charge in [-0.2, -0.15) is 0 Å². The molecule has 7 nitrogen and oxygen atoms in total. The van der Waals surface area contributed by atoms with Crippen molar-refractivity contribution in [2.24, 2.45) is 17.8 Å². The lowest BCUT2D eigenvalue weighted by Crippen LogP contribution is -2.19. The van der Waals surface area contributed by atoms with Gasteiger partial charge in [-0.25, -0.2) is 8.42 Å². The summed E-state index contributed by atoms with van der Waals surface area (Å²) in [5.41, 5.74) is 1.89. The average molecular weight is 490 g/mol. The van der Waals surface area contributed by atoms with E-state index in [1.807, 2.05) is 24.3 Å². The van der Waals surface area contributed by atoms with Gasteiger partial charge in [0.15, 0.2) is 5.75 Å². The lowest BCUT2D eigenvalue weighted by atomic mass is 9.97. The molecule has 0 aliphatic heterocycles. The van der Waals surface area contributed by atoms with Gasteiger partial charge in [-0.15, -0.1) is 10.2 Å². The van der Waals surface area contributed by atoms with Crippen LogP contribution >= 0.6 is 15.9 Å². The molecular formula is C21H20BrN3O4S. The third-order valence-electron chi connectivity index (χ3n) is 6.32. The second-order valence-corrected chi connectivity index (χ2v) is 10.9. The topological polar surface area (TPSA) is 102 Å². The van der Waals surface area contributed by atoms with Crippen molar-refractivity contribution in [3.05, 3.63) is 46.7 Å². The molecule has 1 heterocycles. The van der Waals surface area contributed by atoms with Crippen LogP contribution in [-0.2, 0) is 14.6 Å². The van der Waals surface area contributed by atoms with Gasteiger partial charge >= 0.3 is 5.97 Å². The highest BCUT2D eigenvalue weighted by Crippen LogP contribution is 2.62. The van der Waals surface area contributed by atoms with Gasteiger partial charge in [-0.05, 0) is 69.5 Å². The van der Waals surface area contributed by atoms with Crippen molar-refractivity contribution in [1.82, 2.24) is 14.8 Å². The Morgan fingerprint density at radius 1 is 1.13 bits per heavy atom. The number of hydrogen-bond acceptors (Lipinski definition) is 5. The number of carboxylic acid groups (broad SMARTS) is 1. The first-order chi connectivity index (χ1) is 14.3. The van der Waals surface area contributed by atoms with Crippen LogP contribution in [0.3, 0.4) is 0 Å². The van der Waals surface area contributed by atoms with Gasteiger partial charge in [-0.3, -0.25) is 9.36 Å². The molecular weight excluding hydrogens is 470 g/mol. The summed E-state index contributed by atoms with van der Waals surface area (Å²) in [5.74, 6) is 0.446. The number of halogens is 1. The highest BCUT2D eigenvalue weighted by Gasteiger charge is 2.52. The molecule has 2 aliphatic rings. The maximum atomic E-state index is 12.6. The Labute approximate surface area is 182 Å². The van der Waals surface area contributed by atoms with Gasteiger partial charge < -0.3 is 5.11 Å². The molecule has 0 spiro atoms. The van der Waals surface area contributed by atoms with Crippen LogP contribution < -0.4 is 0 Å². The van der Waals surface area contributed by atoms with E-state index < -0.39 is 21.6 Å². The lowest BCUT2D eigenvalue weighted by molar-refractivity contribution is -0.134. The van der Waals surface area contributed by atoms with E-state index in [4.69, 9.17) is 5.11 Å². The number of carbonyl (C=O) groups is 1. The van der Waals surface area contributed by atoms with Crippen molar-refractivity contribution in [3.8, 4) is 5.69 Å². The van der Waals surface area contributed by atoms with E-state index in [-0.39, 0.29) is 9.89 Å². The first kappa shape index (κ1) is 19.7. The minimum atomic E-state index is -4.16. The molecule has 2 fully saturated rings. The standard InChI is InChI=1S/C21H20BrN3O4S/c1-11-8-15(11)17-9-16(17)13-6-7-18(14-5-3-2-4-12(13)14)25-20(22)23-24-21(25)30(28,29)10-19(26)27/h2-7,11,15-17H,8-10H2,1H3,(H,26,27). The van der Waals surface area contributed by atoms with Crippen molar-refractivity contribution >= 4 is 42.5 Å². The van der Waals surface area contributed by atoms with E-state index in [9.17, 15) is 13.2 Å². The zero-order valence-electron chi connectivity index (χ0n) is 16.2. The Balaban J connectivity index is 1.63. The van der Waals surface area contributed by atoms with Crippen LogP contribution in [0.15, 0.2) is 46.3 Å². The van der Waals surface area contributed by atoms with E-state index >= 15 is 0 Å². The first-order valence-corrected chi connectivity index (χ1v) is 12.3. The number of carboxylic acids is 1. The lowest BCUT2D eigenvalue weighted by Gasteiger charge is -2.14. The fourth-order valence-corrected chi connectivity index (χ4v) is 6.34. The number of aliphatic carboxylic acids is 1. The molecule has 0 saturated heterocycles. The SMILES string of the molecule is CC1CC1C1CC1c1ccc(-n2c(Br)nnc2S(=O)(=O)CC(=O)O)c2ccccc12. The number of rotatable bonds is 6. The van der Waals surface area contributed by atoms with E-state index in [1.165, 1.54) is 23.0 Å². The Morgan fingerprint density at radius 3 is 2.50 bits per heavy atom. The fraction of sp³-hybridized carbons (Fsp3) is 0.381. The molecule has 5 rings (SSSR count). The van der Waals surface area contributed by atoms with E-state index in [1.54, 1.807) is 0 Å². The van der Waals surface area contributed by atoms with Crippen molar-refractivity contribution < 1.29 is 18.3 Å². The molecule has 156 valence electrons. The summed E-state index contributed by atoms with van der Waals surface area (Å²) < 4.78 is 26.8. The molecule has 9 heteroatoms. The minimum Gasteiger partial charge on any atom is -0.480 e. The van der Waals surface area contributed by atoms with Crippen LogP contribution in [0.5, 0.6) is 0 Å². The van der Waals surface area contributed by atoms with Crippen molar-refractivity contribution in [1.29, 1.82) is 0 Å². The predicted molar refractivity (Wildman–Crippen MR) is 114 cm³/mol. The zero-order chi connectivity index (χ0) is 21.2. The average Bonchev–Trinajstić information content (AvgIpc) is 3.58. The van der Waals surface area contributed by atoms with Gasteiger partial charge in [0.2, 0.25) is 14.6 Å². The normalized spacial score (nSPS) is 25.4. The highest BCUT2D eigenvalue weighted by atomic mass is 79.9. The fourth-order valence-electron chi connectivity index (χ4n) is 4.70. The van der Waals surface area contributed by atoms with Gasteiger partial charge in [-0.1, -0.05) is 37.3 Å². The molecule has 0 amide bonds. The van der Waals surface area contributed by atoms with Gasteiger partial charge in [0.25, 0.3) is 5.16 Å². The number of fused-ring (bicyclic) bond motifs is 1. The molecule has 3 aromatic rings. The van der Waals surface area contributed by atoms with Crippen LogP contribution in [0, 0.1) is 17.8 Å². The Hall–Kier alpha value is -2.26. The molecule has 0 bridgehead atoms. The molecule has 30 heavy (non-hydrogen) atoms. The first-order valence-electron chi connectivity index (χ1n) is 9.85. The van der Waals surface area contributed by atoms with Crippen molar-refractivity contribution in [2.75, 3.05) is 5.75 Å². The Morgan fingerprint density at radius 2 is 1.83 bits per heavy atom. The molecule has 2 saturated carbocycles. The number of hydrogen-bond donors (Lipinski definition) is 1. The summed E-state index contributed by atoms with van der Waals surface area (Å²) in [6.07, 6.45) is 2.52. The van der Waals surface area contributed by atoms with Crippen LogP contribution in [0.1, 0.15) is 31.2 Å². The molecule has 1 N–H and O–H groups in total. The number of sulfone groups is 1. The van der Waals surface area contributed by atoms with Gasteiger partial charge in [0.05, 0.1) is 5.69 Å². The van der Waals surface area contributed by atoms with Crippen molar-refractivity contribution in [3.63, 3.8) is 0 Å². The van der Waals surface area contributed by atoms with E-state index in [0.717, 1.165) is 28.5 Å². The molecule has 4 atom stereocenters. The van der Waals surface area contributed by atoms with Crippen LogP contribution in [0.25, 0.3) is 16.5 Å². The largest absolute Gasteiger partial charge is 0.480 e. The predicted octanol–water partition coefficient (Wildman–Crippen LogP) is 3.80. The van der Waals surface area contributed by atoms with E-state index in [2.05, 4.69) is 45.2 Å². The van der Waals surface area contributed by atoms with Gasteiger partial charge in [0.1, 0.15) is 0 Å². The van der Waals surface area contributed by atoms with E-state index in [0.29, 0.717) is 11.6 Å². The Kier molecular flexibility index (Phi) is 4.52. The molecule has 2 aliphatic carbocycles. The van der Waals surface area contributed by atoms with Crippen LogP contribution in [0.4, 0.5) is 0 Å². The van der Waals surface area contributed by atoms with Crippen LogP contribution in [-0.4, -0.2) is 40.0 Å². The minimum absolute atomic E-state index is 0.209. The highest BCUT2D eigenvalue weighted by molar-refractivity contribution is 9.10. The summed E-state index contributed by atoms with van der Waals surface area (Å²) in [6, 6.07) is 11.9.